The van der Waals surface area contributed by atoms with Gasteiger partial charge in [-0.2, -0.15) is 0 Å². The van der Waals surface area contributed by atoms with E-state index in [4.69, 9.17) is 9.47 Å². The first-order valence-corrected chi connectivity index (χ1v) is 8.90. The molecule has 7 heteroatoms. The zero-order valence-corrected chi connectivity index (χ0v) is 15.6. The summed E-state index contributed by atoms with van der Waals surface area (Å²) in [6, 6.07) is 13.5. The van der Waals surface area contributed by atoms with Gasteiger partial charge in [-0.3, -0.25) is 19.0 Å². The number of para-hydroxylation sites is 1. The number of ether oxygens (including phenoxy) is 2. The van der Waals surface area contributed by atoms with Crippen LogP contribution in [-0.2, 0) is 16.1 Å². The van der Waals surface area contributed by atoms with Crippen molar-refractivity contribution in [3.63, 3.8) is 0 Å². The van der Waals surface area contributed by atoms with Gasteiger partial charge in [-0.05, 0) is 50.2 Å². The van der Waals surface area contributed by atoms with Gasteiger partial charge in [0.2, 0.25) is 5.78 Å². The maximum Gasteiger partial charge on any atom is 0.326 e. The van der Waals surface area contributed by atoms with E-state index in [-0.39, 0.29) is 17.9 Å². The minimum Gasteiger partial charge on any atom is -0.494 e. The highest BCUT2D eigenvalue weighted by molar-refractivity contribution is 6.00. The highest BCUT2D eigenvalue weighted by atomic mass is 16.5. The first-order chi connectivity index (χ1) is 13.5. The fourth-order valence-corrected chi connectivity index (χ4v) is 2.76. The first-order valence-electron chi connectivity index (χ1n) is 8.90. The molecule has 0 aliphatic rings. The molecule has 0 amide bonds. The molecule has 28 heavy (non-hydrogen) atoms. The Kier molecular flexibility index (Phi) is 5.84. The van der Waals surface area contributed by atoms with E-state index in [1.807, 2.05) is 6.92 Å². The van der Waals surface area contributed by atoms with Crippen molar-refractivity contribution >= 4 is 22.7 Å². The molecule has 0 bridgehead atoms. The zero-order chi connectivity index (χ0) is 20.1. The van der Waals surface area contributed by atoms with E-state index in [1.54, 1.807) is 48.5 Å². The number of carbonyl (C=O) groups excluding carboxylic acids is 2. The Balaban J connectivity index is 1.66. The number of fused-ring (bicyclic) bond motifs is 1. The van der Waals surface area contributed by atoms with Gasteiger partial charge < -0.3 is 9.47 Å². The van der Waals surface area contributed by atoms with Crippen LogP contribution >= 0.6 is 0 Å². The molecule has 0 unspecified atom stereocenters. The van der Waals surface area contributed by atoms with Gasteiger partial charge in [0.1, 0.15) is 12.3 Å². The van der Waals surface area contributed by atoms with Gasteiger partial charge >= 0.3 is 5.97 Å². The lowest BCUT2D eigenvalue weighted by atomic mass is 10.1. The van der Waals surface area contributed by atoms with E-state index in [0.717, 1.165) is 0 Å². The number of nitrogens with zero attached hydrogens (tertiary/aromatic N) is 2. The molecule has 0 N–H and O–H groups in total. The van der Waals surface area contributed by atoms with Crippen LogP contribution < -0.4 is 10.3 Å². The molecule has 0 radical (unpaired) electrons. The maximum atomic E-state index is 12.4. The van der Waals surface area contributed by atoms with Crippen LogP contribution in [-0.4, -0.2) is 34.0 Å². The van der Waals surface area contributed by atoms with Crippen LogP contribution in [0.25, 0.3) is 10.9 Å². The van der Waals surface area contributed by atoms with Gasteiger partial charge in [-0.1, -0.05) is 12.1 Å². The van der Waals surface area contributed by atoms with Crippen molar-refractivity contribution < 1.29 is 19.1 Å². The fraction of sp³-hybridized carbons (Fsp3) is 0.238. The molecule has 3 aromatic rings. The van der Waals surface area contributed by atoms with E-state index in [1.165, 1.54) is 17.8 Å². The molecule has 144 valence electrons. The molecule has 0 saturated carbocycles. The number of esters is 1. The molecule has 1 atom stereocenters. The van der Waals surface area contributed by atoms with Crippen molar-refractivity contribution in [2.45, 2.75) is 26.5 Å². The number of hydrogen-bond acceptors (Lipinski definition) is 6. The van der Waals surface area contributed by atoms with Crippen molar-refractivity contribution in [2.75, 3.05) is 6.61 Å². The summed E-state index contributed by atoms with van der Waals surface area (Å²) in [5, 5.41) is 0.413. The summed E-state index contributed by atoms with van der Waals surface area (Å²) in [7, 11) is 0. The highest BCUT2D eigenvalue weighted by Gasteiger charge is 2.20. The summed E-state index contributed by atoms with van der Waals surface area (Å²) in [4.78, 5) is 41.2. The van der Waals surface area contributed by atoms with Gasteiger partial charge in [-0.15, -0.1) is 0 Å². The topological polar surface area (TPSA) is 87.5 Å². The van der Waals surface area contributed by atoms with Gasteiger partial charge in [0.15, 0.2) is 6.10 Å². The van der Waals surface area contributed by atoms with E-state index < -0.39 is 12.1 Å². The zero-order valence-electron chi connectivity index (χ0n) is 15.6. The summed E-state index contributed by atoms with van der Waals surface area (Å²) < 4.78 is 11.7. The van der Waals surface area contributed by atoms with E-state index in [9.17, 15) is 14.4 Å². The second-order valence-electron chi connectivity index (χ2n) is 6.15. The van der Waals surface area contributed by atoms with Crippen LogP contribution in [0.2, 0.25) is 0 Å². The molecular weight excluding hydrogens is 360 g/mol. The Bertz CT molecular complexity index is 1060. The smallest absolute Gasteiger partial charge is 0.326 e. The molecule has 1 aromatic heterocycles. The average molecular weight is 380 g/mol. The van der Waals surface area contributed by atoms with Crippen LogP contribution in [0.3, 0.4) is 0 Å². The molecule has 7 nitrogen and oxygen atoms in total. The van der Waals surface area contributed by atoms with Crippen LogP contribution in [0, 0.1) is 0 Å². The number of benzene rings is 2. The van der Waals surface area contributed by atoms with Crippen molar-refractivity contribution in [1.82, 2.24) is 9.55 Å². The lowest BCUT2D eigenvalue weighted by molar-refractivity contribution is -0.147. The third-order valence-electron chi connectivity index (χ3n) is 4.16. The lowest BCUT2D eigenvalue weighted by Gasteiger charge is -2.13. The summed E-state index contributed by atoms with van der Waals surface area (Å²) >= 11 is 0. The Labute approximate surface area is 161 Å². The third-order valence-corrected chi connectivity index (χ3v) is 4.16. The van der Waals surface area contributed by atoms with Crippen LogP contribution in [0.15, 0.2) is 59.7 Å². The summed E-state index contributed by atoms with van der Waals surface area (Å²) in [5.74, 6) is -0.363. The molecule has 0 aliphatic heterocycles. The Hall–Kier alpha value is -3.48. The standard InChI is InChI=1S/C21H20N2O5/c1-3-27-16-10-8-15(9-11-16)20(25)14(2)28-19(24)12-23-13-22-18-7-5-4-6-17(18)21(23)26/h4-11,13-14H,3,12H2,1-2H3/t14-/m0/s1. The first kappa shape index (κ1) is 19.3. The normalized spacial score (nSPS) is 11.8. The lowest BCUT2D eigenvalue weighted by Crippen LogP contribution is -2.30. The second-order valence-corrected chi connectivity index (χ2v) is 6.15. The monoisotopic (exact) mass is 380 g/mol. The molecule has 0 fully saturated rings. The number of rotatable bonds is 7. The number of aromatic nitrogens is 2. The van der Waals surface area contributed by atoms with Crippen molar-refractivity contribution in [3.8, 4) is 5.75 Å². The quantitative estimate of drug-likeness (QED) is 0.462. The summed E-state index contributed by atoms with van der Waals surface area (Å²) in [6.45, 7) is 3.58. The fourth-order valence-electron chi connectivity index (χ4n) is 2.76. The molecule has 0 saturated heterocycles. The largest absolute Gasteiger partial charge is 0.494 e. The molecule has 3 rings (SSSR count). The molecule has 0 aliphatic carbocycles. The van der Waals surface area contributed by atoms with Crippen LogP contribution in [0.4, 0.5) is 0 Å². The predicted molar refractivity (Wildman–Crippen MR) is 103 cm³/mol. The van der Waals surface area contributed by atoms with E-state index in [0.29, 0.717) is 28.8 Å². The number of hydrogen-bond donors (Lipinski definition) is 0. The van der Waals surface area contributed by atoms with Gasteiger partial charge in [0, 0.05) is 5.56 Å². The van der Waals surface area contributed by atoms with Crippen LogP contribution in [0.1, 0.15) is 24.2 Å². The molecule has 1 heterocycles. The van der Waals surface area contributed by atoms with Crippen molar-refractivity contribution in [1.29, 1.82) is 0 Å². The second kappa shape index (κ2) is 8.47. The summed E-state index contributed by atoms with van der Waals surface area (Å²) in [5.41, 5.74) is 0.623. The number of carbonyl (C=O) groups is 2. The average Bonchev–Trinajstić information content (AvgIpc) is 2.70. The molecule has 0 spiro atoms. The maximum absolute atomic E-state index is 12.4. The van der Waals surface area contributed by atoms with Gasteiger partial charge in [0.05, 0.1) is 23.8 Å². The predicted octanol–water partition coefficient (Wildman–Crippen LogP) is 2.61. The van der Waals surface area contributed by atoms with Crippen LogP contribution in [0.5, 0.6) is 5.75 Å². The number of Topliss-reactive ketones (excluding diaryl/α,β-unsaturated/α-hetero) is 1. The highest BCUT2D eigenvalue weighted by Crippen LogP contribution is 2.14. The molecular formula is C21H20N2O5. The summed E-state index contributed by atoms with van der Waals surface area (Å²) in [6.07, 6.45) is 0.319. The minimum absolute atomic E-state index is 0.322. The van der Waals surface area contributed by atoms with Gasteiger partial charge in [0.25, 0.3) is 5.56 Å². The Morgan fingerprint density at radius 2 is 1.82 bits per heavy atom. The Morgan fingerprint density at radius 3 is 2.54 bits per heavy atom. The third kappa shape index (κ3) is 4.25. The number of ketones is 1. The van der Waals surface area contributed by atoms with E-state index >= 15 is 0 Å². The van der Waals surface area contributed by atoms with Crippen molar-refractivity contribution in [2.24, 2.45) is 0 Å². The van der Waals surface area contributed by atoms with E-state index in [2.05, 4.69) is 4.98 Å². The van der Waals surface area contributed by atoms with Gasteiger partial charge in [-0.25, -0.2) is 4.98 Å². The molecule has 2 aromatic carbocycles. The Morgan fingerprint density at radius 1 is 1.11 bits per heavy atom. The van der Waals surface area contributed by atoms with Crippen molar-refractivity contribution in [3.05, 3.63) is 70.8 Å². The SMILES string of the molecule is CCOc1ccc(C(=O)[C@H](C)OC(=O)Cn2cnc3ccccc3c2=O)cc1. The minimum atomic E-state index is -0.977.